The number of nitrogens with one attached hydrogen (secondary N) is 1. The molecule has 1 amide bonds. The molecule has 1 aliphatic heterocycles. The molecule has 2 aromatic carbocycles. The zero-order chi connectivity index (χ0) is 20.3. The summed E-state index contributed by atoms with van der Waals surface area (Å²) >= 11 is 0. The zero-order valence-electron chi connectivity index (χ0n) is 15.7. The van der Waals surface area contributed by atoms with Crippen molar-refractivity contribution in [1.82, 2.24) is 4.47 Å². The van der Waals surface area contributed by atoms with Crippen LogP contribution >= 0.6 is 0 Å². The van der Waals surface area contributed by atoms with Crippen LogP contribution in [0.1, 0.15) is 23.2 Å². The minimum absolute atomic E-state index is 0.0166. The van der Waals surface area contributed by atoms with Crippen molar-refractivity contribution in [3.05, 3.63) is 53.8 Å². The Hall–Kier alpha value is -2.49. The molecular formula is C19H22FN3O4S. The first-order valence-corrected chi connectivity index (χ1v) is 10.3. The second-order valence-corrected chi connectivity index (χ2v) is 8.34. The van der Waals surface area contributed by atoms with Crippen LogP contribution < -0.4 is 10.2 Å². The third-order valence-corrected chi connectivity index (χ3v) is 6.38. The van der Waals surface area contributed by atoms with E-state index in [-0.39, 0.29) is 16.1 Å². The van der Waals surface area contributed by atoms with Gasteiger partial charge in [-0.1, -0.05) is 10.5 Å². The molecule has 1 heterocycles. The Morgan fingerprint density at radius 2 is 1.79 bits per heavy atom. The van der Waals surface area contributed by atoms with Gasteiger partial charge in [-0.15, -0.1) is 0 Å². The number of carbonyl (C=O) groups is 1. The fraction of sp³-hybridized carbons (Fsp3) is 0.316. The number of hydrogen-bond acceptors (Lipinski definition) is 5. The number of para-hydroxylation sites is 1. The van der Waals surface area contributed by atoms with Crippen LogP contribution in [0, 0.1) is 5.82 Å². The molecule has 0 spiro atoms. The molecule has 150 valence electrons. The van der Waals surface area contributed by atoms with E-state index in [0.29, 0.717) is 5.69 Å². The van der Waals surface area contributed by atoms with E-state index in [4.69, 9.17) is 4.84 Å². The Morgan fingerprint density at radius 3 is 2.39 bits per heavy atom. The molecule has 0 unspecified atom stereocenters. The van der Waals surface area contributed by atoms with Crippen LogP contribution in [0.4, 0.5) is 15.8 Å². The van der Waals surface area contributed by atoms with E-state index in [9.17, 15) is 17.6 Å². The van der Waals surface area contributed by atoms with Gasteiger partial charge in [-0.3, -0.25) is 9.63 Å². The summed E-state index contributed by atoms with van der Waals surface area (Å²) in [7, 11) is -1.29. The van der Waals surface area contributed by atoms with Crippen LogP contribution in [0.2, 0.25) is 0 Å². The molecular weight excluding hydrogens is 385 g/mol. The average Bonchev–Trinajstić information content (AvgIpc) is 3.23. The number of benzene rings is 2. The van der Waals surface area contributed by atoms with Crippen molar-refractivity contribution < 1.29 is 22.4 Å². The van der Waals surface area contributed by atoms with Crippen LogP contribution in [-0.4, -0.2) is 46.0 Å². The summed E-state index contributed by atoms with van der Waals surface area (Å²) in [5.41, 5.74) is 0.992. The fourth-order valence-electron chi connectivity index (χ4n) is 3.07. The minimum atomic E-state index is -3.80. The van der Waals surface area contributed by atoms with E-state index in [0.717, 1.165) is 30.4 Å². The lowest BCUT2D eigenvalue weighted by Crippen LogP contribution is -2.25. The van der Waals surface area contributed by atoms with Crippen molar-refractivity contribution >= 4 is 27.3 Å². The van der Waals surface area contributed by atoms with Gasteiger partial charge in [0.1, 0.15) is 11.5 Å². The normalized spacial score (nSPS) is 14.5. The maximum Gasteiger partial charge on any atom is 0.264 e. The molecule has 1 fully saturated rings. The number of hydroxylamine groups is 1. The Morgan fingerprint density at radius 1 is 1.14 bits per heavy atom. The molecule has 1 N–H and O–H groups in total. The van der Waals surface area contributed by atoms with Gasteiger partial charge in [-0.25, -0.2) is 12.8 Å². The van der Waals surface area contributed by atoms with Crippen molar-refractivity contribution in [2.24, 2.45) is 0 Å². The van der Waals surface area contributed by atoms with E-state index in [1.165, 1.54) is 44.5 Å². The van der Waals surface area contributed by atoms with E-state index in [1.54, 1.807) is 12.1 Å². The molecule has 3 rings (SSSR count). The summed E-state index contributed by atoms with van der Waals surface area (Å²) in [5.74, 6) is -1.03. The van der Waals surface area contributed by atoms with Gasteiger partial charge in [0.15, 0.2) is 0 Å². The van der Waals surface area contributed by atoms with E-state index in [1.807, 2.05) is 4.90 Å². The van der Waals surface area contributed by atoms with Crippen molar-refractivity contribution in [3.63, 3.8) is 0 Å². The number of anilines is 2. The van der Waals surface area contributed by atoms with Crippen LogP contribution in [0.5, 0.6) is 0 Å². The average molecular weight is 407 g/mol. The summed E-state index contributed by atoms with van der Waals surface area (Å²) in [5, 5.41) is 2.62. The summed E-state index contributed by atoms with van der Waals surface area (Å²) in [6.45, 7) is 1.62. The van der Waals surface area contributed by atoms with Gasteiger partial charge in [-0.05, 0) is 49.2 Å². The number of hydrogen-bond donors (Lipinski definition) is 1. The van der Waals surface area contributed by atoms with Gasteiger partial charge >= 0.3 is 0 Å². The number of amides is 1. The maximum atomic E-state index is 14.4. The number of rotatable bonds is 6. The minimum Gasteiger partial charge on any atom is -0.370 e. The molecule has 0 aromatic heterocycles. The number of sulfonamides is 1. The van der Waals surface area contributed by atoms with Crippen LogP contribution in [0.3, 0.4) is 0 Å². The molecule has 0 saturated carbocycles. The summed E-state index contributed by atoms with van der Waals surface area (Å²) in [6.07, 6.45) is 2.05. The highest BCUT2D eigenvalue weighted by Gasteiger charge is 2.22. The van der Waals surface area contributed by atoms with Crippen molar-refractivity contribution in [3.8, 4) is 0 Å². The number of halogens is 1. The largest absolute Gasteiger partial charge is 0.370 e. The second-order valence-electron chi connectivity index (χ2n) is 6.40. The molecule has 1 saturated heterocycles. The Bertz CT molecular complexity index is 958. The van der Waals surface area contributed by atoms with E-state index in [2.05, 4.69) is 5.32 Å². The maximum absolute atomic E-state index is 14.4. The van der Waals surface area contributed by atoms with Gasteiger partial charge in [0.25, 0.3) is 15.9 Å². The zero-order valence-corrected chi connectivity index (χ0v) is 16.5. The van der Waals surface area contributed by atoms with Crippen LogP contribution in [0.15, 0.2) is 47.4 Å². The van der Waals surface area contributed by atoms with Gasteiger partial charge in [0.05, 0.1) is 17.7 Å². The molecule has 0 bridgehead atoms. The standard InChI is InChI=1S/C19H22FN3O4S/c1-22(27-2)28(25,26)15-10-8-14(9-11-15)19(24)21-18-16(20)6-5-7-17(18)23-12-3-4-13-23/h5-11H,3-4,12-13H2,1-2H3,(H,21,24). The second kappa shape index (κ2) is 8.26. The molecule has 7 nitrogen and oxygen atoms in total. The van der Waals surface area contributed by atoms with Gasteiger partial charge < -0.3 is 10.2 Å². The highest BCUT2D eigenvalue weighted by molar-refractivity contribution is 7.89. The summed E-state index contributed by atoms with van der Waals surface area (Å²) in [6, 6.07) is 10.1. The fourth-order valence-corrected chi connectivity index (χ4v) is 4.04. The molecule has 0 aliphatic carbocycles. The third kappa shape index (κ3) is 4.01. The molecule has 28 heavy (non-hydrogen) atoms. The van der Waals surface area contributed by atoms with E-state index >= 15 is 0 Å². The first-order chi connectivity index (χ1) is 13.3. The molecule has 9 heteroatoms. The first-order valence-electron chi connectivity index (χ1n) is 8.82. The molecule has 0 atom stereocenters. The smallest absolute Gasteiger partial charge is 0.264 e. The highest BCUT2D eigenvalue weighted by atomic mass is 32.2. The summed E-state index contributed by atoms with van der Waals surface area (Å²) in [4.78, 5) is 19.3. The Labute approximate surface area is 163 Å². The molecule has 1 aliphatic rings. The lowest BCUT2D eigenvalue weighted by molar-refractivity contribution is -0.0258. The van der Waals surface area contributed by atoms with Crippen molar-refractivity contribution in [2.75, 3.05) is 37.5 Å². The van der Waals surface area contributed by atoms with Crippen LogP contribution in [-0.2, 0) is 14.9 Å². The summed E-state index contributed by atoms with van der Waals surface area (Å²) < 4.78 is 39.5. The first kappa shape index (κ1) is 20.2. The van der Waals surface area contributed by atoms with Crippen molar-refractivity contribution in [1.29, 1.82) is 0 Å². The Balaban J connectivity index is 1.83. The SMILES string of the molecule is CON(C)S(=O)(=O)c1ccc(C(=O)Nc2c(F)cccc2N2CCCC2)cc1. The predicted octanol–water partition coefficient (Wildman–Crippen LogP) is 2.86. The molecule has 0 radical (unpaired) electrons. The number of carbonyl (C=O) groups excluding carboxylic acids is 1. The molecule has 2 aromatic rings. The lowest BCUT2D eigenvalue weighted by Gasteiger charge is -2.22. The predicted molar refractivity (Wildman–Crippen MR) is 104 cm³/mol. The van der Waals surface area contributed by atoms with Crippen molar-refractivity contribution in [2.45, 2.75) is 17.7 Å². The quantitative estimate of drug-likeness (QED) is 0.745. The van der Waals surface area contributed by atoms with Crippen LogP contribution in [0.25, 0.3) is 0 Å². The van der Waals surface area contributed by atoms with Gasteiger partial charge in [-0.2, -0.15) is 0 Å². The third-order valence-electron chi connectivity index (χ3n) is 4.69. The van der Waals surface area contributed by atoms with Gasteiger partial charge in [0, 0.05) is 25.7 Å². The monoisotopic (exact) mass is 407 g/mol. The topological polar surface area (TPSA) is 78.9 Å². The number of nitrogens with zero attached hydrogens (tertiary/aromatic N) is 2. The van der Waals surface area contributed by atoms with Gasteiger partial charge in [0.2, 0.25) is 0 Å². The Kier molecular flexibility index (Phi) is 5.97. The highest BCUT2D eigenvalue weighted by Crippen LogP contribution is 2.31. The van der Waals surface area contributed by atoms with E-state index < -0.39 is 21.7 Å². The lowest BCUT2D eigenvalue weighted by atomic mass is 10.2.